The highest BCUT2D eigenvalue weighted by Gasteiger charge is 2.35. The third-order valence-corrected chi connectivity index (χ3v) is 5.20. The second-order valence-corrected chi connectivity index (χ2v) is 7.03. The van der Waals surface area contributed by atoms with E-state index in [0.29, 0.717) is 25.8 Å². The van der Waals surface area contributed by atoms with Crippen LogP contribution in [-0.4, -0.2) is 23.5 Å². The smallest absolute Gasteiger partial charge is 0.303 e. The summed E-state index contributed by atoms with van der Waals surface area (Å²) < 4.78 is 0. The fourth-order valence-corrected chi connectivity index (χ4v) is 3.86. The molecule has 1 aliphatic carbocycles. The number of carbonyl (C=O) groups is 2. The topological polar surface area (TPSA) is 66.4 Å². The van der Waals surface area contributed by atoms with E-state index in [9.17, 15) is 9.59 Å². The first kappa shape index (κ1) is 18.5. The summed E-state index contributed by atoms with van der Waals surface area (Å²) in [5.41, 5.74) is 2.73. The SMILES string of the molecule is Cc1ccccc1C1(CNC(=O)CCCCC(=O)O)CCCCC1. The molecule has 4 nitrogen and oxygen atoms in total. The molecule has 1 aromatic carbocycles. The number of benzene rings is 1. The summed E-state index contributed by atoms with van der Waals surface area (Å²) in [6.45, 7) is 2.84. The molecule has 0 spiro atoms. The van der Waals surface area contributed by atoms with Crippen molar-refractivity contribution >= 4 is 11.9 Å². The second-order valence-electron chi connectivity index (χ2n) is 7.03. The average molecular weight is 331 g/mol. The minimum absolute atomic E-state index is 0.0407. The summed E-state index contributed by atoms with van der Waals surface area (Å²) in [4.78, 5) is 22.6. The fourth-order valence-electron chi connectivity index (χ4n) is 3.86. The number of aliphatic carboxylic acids is 1. The number of hydrogen-bond donors (Lipinski definition) is 2. The predicted octanol–water partition coefficient (Wildman–Crippen LogP) is 3.96. The summed E-state index contributed by atoms with van der Waals surface area (Å²) in [6.07, 6.45) is 7.69. The number of amides is 1. The molecule has 2 N–H and O–H groups in total. The molecule has 0 aromatic heterocycles. The Labute approximate surface area is 144 Å². The monoisotopic (exact) mass is 331 g/mol. The molecule has 0 unspecified atom stereocenters. The first-order chi connectivity index (χ1) is 11.5. The van der Waals surface area contributed by atoms with E-state index in [4.69, 9.17) is 5.11 Å². The fraction of sp³-hybridized carbons (Fsp3) is 0.600. The molecule has 2 rings (SSSR count). The van der Waals surface area contributed by atoms with E-state index >= 15 is 0 Å². The van der Waals surface area contributed by atoms with Crippen LogP contribution in [0.25, 0.3) is 0 Å². The minimum Gasteiger partial charge on any atom is -0.481 e. The Morgan fingerprint density at radius 3 is 2.42 bits per heavy atom. The summed E-state index contributed by atoms with van der Waals surface area (Å²) in [6, 6.07) is 8.52. The van der Waals surface area contributed by atoms with Crippen molar-refractivity contribution < 1.29 is 14.7 Å². The number of carbonyl (C=O) groups excluding carboxylic acids is 1. The van der Waals surface area contributed by atoms with Gasteiger partial charge in [0.25, 0.3) is 0 Å². The zero-order chi connectivity index (χ0) is 17.4. The molecule has 0 heterocycles. The van der Waals surface area contributed by atoms with Crippen LogP contribution in [0.1, 0.15) is 68.9 Å². The Hall–Kier alpha value is -1.84. The Balaban J connectivity index is 1.94. The van der Waals surface area contributed by atoms with Crippen molar-refractivity contribution in [1.29, 1.82) is 0 Å². The van der Waals surface area contributed by atoms with Gasteiger partial charge in [-0.25, -0.2) is 0 Å². The highest BCUT2D eigenvalue weighted by atomic mass is 16.4. The zero-order valence-electron chi connectivity index (χ0n) is 14.6. The van der Waals surface area contributed by atoms with Crippen LogP contribution in [-0.2, 0) is 15.0 Å². The van der Waals surface area contributed by atoms with Crippen LogP contribution < -0.4 is 5.32 Å². The number of carboxylic acids is 1. The Morgan fingerprint density at radius 1 is 1.08 bits per heavy atom. The van der Waals surface area contributed by atoms with Crippen molar-refractivity contribution in [2.75, 3.05) is 6.54 Å². The van der Waals surface area contributed by atoms with Gasteiger partial charge in [-0.05, 0) is 43.7 Å². The van der Waals surface area contributed by atoms with Gasteiger partial charge in [0, 0.05) is 24.8 Å². The van der Waals surface area contributed by atoms with E-state index in [1.807, 2.05) is 0 Å². The molecule has 1 amide bonds. The molecule has 0 radical (unpaired) electrons. The number of carboxylic acid groups (broad SMARTS) is 1. The van der Waals surface area contributed by atoms with Crippen molar-refractivity contribution in [2.45, 2.75) is 70.1 Å². The van der Waals surface area contributed by atoms with Crippen molar-refractivity contribution in [3.63, 3.8) is 0 Å². The van der Waals surface area contributed by atoms with Crippen molar-refractivity contribution in [3.05, 3.63) is 35.4 Å². The van der Waals surface area contributed by atoms with Crippen LogP contribution in [0.15, 0.2) is 24.3 Å². The molecule has 1 aliphatic rings. The molecule has 4 heteroatoms. The number of nitrogens with one attached hydrogen (secondary N) is 1. The number of rotatable bonds is 8. The number of unbranched alkanes of at least 4 members (excludes halogenated alkanes) is 1. The molecular formula is C20H29NO3. The Morgan fingerprint density at radius 2 is 1.75 bits per heavy atom. The summed E-state index contributed by atoms with van der Waals surface area (Å²) in [5, 5.41) is 11.8. The first-order valence-corrected chi connectivity index (χ1v) is 9.08. The summed E-state index contributed by atoms with van der Waals surface area (Å²) in [7, 11) is 0. The highest BCUT2D eigenvalue weighted by molar-refractivity contribution is 5.76. The lowest BCUT2D eigenvalue weighted by Crippen LogP contribution is -2.42. The standard InChI is InChI=1S/C20H29NO3/c1-16-9-3-4-10-17(16)20(13-7-2-8-14-20)15-21-18(22)11-5-6-12-19(23)24/h3-4,9-10H,2,5-8,11-15H2,1H3,(H,21,22)(H,23,24). The van der Waals surface area contributed by atoms with E-state index < -0.39 is 5.97 Å². The van der Waals surface area contributed by atoms with Gasteiger partial charge in [0.15, 0.2) is 0 Å². The van der Waals surface area contributed by atoms with Gasteiger partial charge in [-0.3, -0.25) is 9.59 Å². The van der Waals surface area contributed by atoms with Crippen LogP contribution in [0, 0.1) is 6.92 Å². The van der Waals surface area contributed by atoms with Crippen LogP contribution >= 0.6 is 0 Å². The minimum atomic E-state index is -0.795. The molecule has 1 saturated carbocycles. The maximum Gasteiger partial charge on any atom is 0.303 e. The van der Waals surface area contributed by atoms with E-state index in [2.05, 4.69) is 36.5 Å². The molecule has 1 aromatic rings. The molecule has 24 heavy (non-hydrogen) atoms. The van der Waals surface area contributed by atoms with Crippen molar-refractivity contribution in [1.82, 2.24) is 5.32 Å². The molecule has 0 aliphatic heterocycles. The van der Waals surface area contributed by atoms with Crippen LogP contribution in [0.3, 0.4) is 0 Å². The summed E-state index contributed by atoms with van der Waals surface area (Å²) >= 11 is 0. The lowest BCUT2D eigenvalue weighted by molar-refractivity contribution is -0.137. The molecule has 0 saturated heterocycles. The third kappa shape index (κ3) is 5.08. The average Bonchev–Trinajstić information content (AvgIpc) is 2.58. The molecule has 1 fully saturated rings. The Kier molecular flexibility index (Phi) is 6.83. The van der Waals surface area contributed by atoms with Gasteiger partial charge in [-0.2, -0.15) is 0 Å². The molecule has 132 valence electrons. The van der Waals surface area contributed by atoms with E-state index in [1.165, 1.54) is 30.4 Å². The lowest BCUT2D eigenvalue weighted by atomic mass is 9.68. The molecule has 0 atom stereocenters. The van der Waals surface area contributed by atoms with Gasteiger partial charge in [-0.1, -0.05) is 43.5 Å². The normalized spacial score (nSPS) is 16.5. The van der Waals surface area contributed by atoms with Crippen LogP contribution in [0.4, 0.5) is 0 Å². The first-order valence-electron chi connectivity index (χ1n) is 9.08. The number of aryl methyl sites for hydroxylation is 1. The number of hydrogen-bond acceptors (Lipinski definition) is 2. The lowest BCUT2D eigenvalue weighted by Gasteiger charge is -2.39. The largest absolute Gasteiger partial charge is 0.481 e. The maximum absolute atomic E-state index is 12.1. The van der Waals surface area contributed by atoms with Gasteiger partial charge in [0.2, 0.25) is 5.91 Å². The van der Waals surface area contributed by atoms with Gasteiger partial charge < -0.3 is 10.4 Å². The third-order valence-electron chi connectivity index (χ3n) is 5.20. The summed E-state index contributed by atoms with van der Waals surface area (Å²) in [5.74, 6) is -0.755. The van der Waals surface area contributed by atoms with Crippen molar-refractivity contribution in [2.24, 2.45) is 0 Å². The van der Waals surface area contributed by atoms with Gasteiger partial charge in [-0.15, -0.1) is 0 Å². The molecule has 0 bridgehead atoms. The van der Waals surface area contributed by atoms with Gasteiger partial charge in [0.05, 0.1) is 0 Å². The zero-order valence-corrected chi connectivity index (χ0v) is 14.6. The second kappa shape index (κ2) is 8.86. The van der Waals surface area contributed by atoms with E-state index in [0.717, 1.165) is 12.8 Å². The van der Waals surface area contributed by atoms with Crippen LogP contribution in [0.5, 0.6) is 0 Å². The van der Waals surface area contributed by atoms with Crippen LogP contribution in [0.2, 0.25) is 0 Å². The highest BCUT2D eigenvalue weighted by Crippen LogP contribution is 2.40. The molecular weight excluding hydrogens is 302 g/mol. The predicted molar refractivity (Wildman–Crippen MR) is 95.1 cm³/mol. The quantitative estimate of drug-likeness (QED) is 0.709. The van der Waals surface area contributed by atoms with E-state index in [-0.39, 0.29) is 17.7 Å². The van der Waals surface area contributed by atoms with Crippen molar-refractivity contribution in [3.8, 4) is 0 Å². The Bertz CT molecular complexity index is 562. The van der Waals surface area contributed by atoms with E-state index in [1.54, 1.807) is 0 Å². The van der Waals surface area contributed by atoms with Gasteiger partial charge >= 0.3 is 5.97 Å². The van der Waals surface area contributed by atoms with Gasteiger partial charge in [0.1, 0.15) is 0 Å². The maximum atomic E-state index is 12.1.